The lowest BCUT2D eigenvalue weighted by molar-refractivity contribution is 0.213. The van der Waals surface area contributed by atoms with Gasteiger partial charge in [0.15, 0.2) is 0 Å². The summed E-state index contributed by atoms with van der Waals surface area (Å²) in [7, 11) is 0. The predicted molar refractivity (Wildman–Crippen MR) is 74.3 cm³/mol. The molecule has 0 aromatic rings. The maximum Gasteiger partial charge on any atom is 0.135 e. The molecule has 18 heavy (non-hydrogen) atoms. The summed E-state index contributed by atoms with van der Waals surface area (Å²) < 4.78 is 13.8. The van der Waals surface area contributed by atoms with Gasteiger partial charge in [-0.15, -0.1) is 0 Å². The summed E-state index contributed by atoms with van der Waals surface area (Å²) in [5.74, 6) is 0.290. The summed E-state index contributed by atoms with van der Waals surface area (Å²) in [5, 5.41) is 2.93. The summed E-state index contributed by atoms with van der Waals surface area (Å²) in [6, 6.07) is 0.805. The van der Waals surface area contributed by atoms with E-state index in [2.05, 4.69) is 37.1 Å². The minimum atomic E-state index is -0.692. The smallest absolute Gasteiger partial charge is 0.135 e. The van der Waals surface area contributed by atoms with E-state index in [9.17, 15) is 4.39 Å². The third kappa shape index (κ3) is 2.79. The molecule has 0 saturated carbocycles. The van der Waals surface area contributed by atoms with Gasteiger partial charge in [-0.25, -0.2) is 4.39 Å². The van der Waals surface area contributed by atoms with Crippen molar-refractivity contribution in [1.29, 1.82) is 0 Å². The van der Waals surface area contributed by atoms with E-state index in [1.807, 2.05) is 0 Å². The van der Waals surface area contributed by atoms with E-state index in [1.54, 1.807) is 6.08 Å². The standard InChI is InChI=1S/C14H22ClFN2/c1-9(2)18-7-5-10(3)13(18)11-4-6-17-14(15)12(16)8-11/h4,8-10,13-14,17H,5-7H2,1-3H3/t10-,13?,14-/m0/s1. The average Bonchev–Trinajstić information content (AvgIpc) is 2.61. The molecule has 2 aliphatic rings. The van der Waals surface area contributed by atoms with Gasteiger partial charge in [-0.05, 0) is 44.4 Å². The van der Waals surface area contributed by atoms with Crippen molar-refractivity contribution in [2.24, 2.45) is 5.92 Å². The molecule has 2 rings (SSSR count). The number of likely N-dealkylation sites (tertiary alicyclic amines) is 1. The van der Waals surface area contributed by atoms with Crippen LogP contribution in [0.25, 0.3) is 0 Å². The molecule has 0 bridgehead atoms. The van der Waals surface area contributed by atoms with E-state index in [-0.39, 0.29) is 5.83 Å². The highest BCUT2D eigenvalue weighted by Gasteiger charge is 2.35. The van der Waals surface area contributed by atoms with Crippen LogP contribution in [0.15, 0.2) is 23.6 Å². The van der Waals surface area contributed by atoms with E-state index in [4.69, 9.17) is 11.6 Å². The van der Waals surface area contributed by atoms with Crippen LogP contribution in [-0.4, -0.2) is 35.6 Å². The van der Waals surface area contributed by atoms with Crippen LogP contribution in [0.5, 0.6) is 0 Å². The van der Waals surface area contributed by atoms with Crippen LogP contribution in [0.2, 0.25) is 0 Å². The van der Waals surface area contributed by atoms with Crippen molar-refractivity contribution in [1.82, 2.24) is 10.2 Å². The van der Waals surface area contributed by atoms with E-state index in [0.717, 1.165) is 12.1 Å². The summed E-state index contributed by atoms with van der Waals surface area (Å²) in [6.07, 6.45) is 4.87. The molecule has 0 radical (unpaired) electrons. The van der Waals surface area contributed by atoms with Crippen molar-refractivity contribution in [3.8, 4) is 0 Å². The molecule has 2 aliphatic heterocycles. The summed E-state index contributed by atoms with van der Waals surface area (Å²) in [5.41, 5.74) is 0.379. The normalized spacial score (nSPS) is 34.4. The molecule has 4 heteroatoms. The van der Waals surface area contributed by atoms with Crippen LogP contribution in [0.3, 0.4) is 0 Å². The molecule has 0 aromatic heterocycles. The van der Waals surface area contributed by atoms with Gasteiger partial charge >= 0.3 is 0 Å². The van der Waals surface area contributed by atoms with Gasteiger partial charge in [-0.2, -0.15) is 0 Å². The Bertz CT molecular complexity index is 365. The SMILES string of the molecule is CC(C)N1CC[C@H](C)C1C1=CCN[C@H](Cl)C(F)=C1. The Labute approximate surface area is 114 Å². The monoisotopic (exact) mass is 272 g/mol. The second-order valence-electron chi connectivity index (χ2n) is 5.55. The average molecular weight is 273 g/mol. The maximum atomic E-state index is 13.8. The molecule has 0 aliphatic carbocycles. The van der Waals surface area contributed by atoms with Crippen LogP contribution in [-0.2, 0) is 0 Å². The van der Waals surface area contributed by atoms with E-state index < -0.39 is 5.50 Å². The largest absolute Gasteiger partial charge is 0.294 e. The summed E-state index contributed by atoms with van der Waals surface area (Å²) in [4.78, 5) is 2.45. The van der Waals surface area contributed by atoms with Crippen LogP contribution >= 0.6 is 11.6 Å². The highest BCUT2D eigenvalue weighted by atomic mass is 35.5. The molecule has 1 fully saturated rings. The van der Waals surface area contributed by atoms with Crippen LogP contribution in [0.4, 0.5) is 4.39 Å². The number of rotatable bonds is 2. The highest BCUT2D eigenvalue weighted by Crippen LogP contribution is 2.33. The zero-order chi connectivity index (χ0) is 13.3. The van der Waals surface area contributed by atoms with Crippen LogP contribution in [0.1, 0.15) is 27.2 Å². The Morgan fingerprint density at radius 1 is 1.50 bits per heavy atom. The zero-order valence-corrected chi connectivity index (χ0v) is 12.0. The van der Waals surface area contributed by atoms with Crippen molar-refractivity contribution in [2.45, 2.75) is 44.8 Å². The van der Waals surface area contributed by atoms with E-state index >= 15 is 0 Å². The van der Waals surface area contributed by atoms with Crippen molar-refractivity contribution < 1.29 is 4.39 Å². The van der Waals surface area contributed by atoms with Gasteiger partial charge in [0.05, 0.1) is 0 Å². The van der Waals surface area contributed by atoms with Gasteiger partial charge in [-0.3, -0.25) is 10.2 Å². The minimum Gasteiger partial charge on any atom is -0.294 e. The summed E-state index contributed by atoms with van der Waals surface area (Å²) in [6.45, 7) is 8.36. The molecule has 3 atom stereocenters. The Morgan fingerprint density at radius 2 is 2.22 bits per heavy atom. The van der Waals surface area contributed by atoms with Crippen LogP contribution < -0.4 is 5.32 Å². The first-order valence-electron chi connectivity index (χ1n) is 6.71. The minimum absolute atomic E-state index is 0.275. The predicted octanol–water partition coefficient (Wildman–Crippen LogP) is 3.05. The second-order valence-corrected chi connectivity index (χ2v) is 5.98. The van der Waals surface area contributed by atoms with Crippen molar-refractivity contribution in [2.75, 3.05) is 13.1 Å². The van der Waals surface area contributed by atoms with Gasteiger partial charge < -0.3 is 0 Å². The molecule has 1 saturated heterocycles. The molecule has 1 unspecified atom stereocenters. The molecular formula is C14H22ClFN2. The lowest BCUT2D eigenvalue weighted by Crippen LogP contribution is -2.38. The number of hydrogen-bond acceptors (Lipinski definition) is 2. The number of alkyl halides is 1. The van der Waals surface area contributed by atoms with Gasteiger partial charge in [-0.1, -0.05) is 24.6 Å². The molecule has 0 amide bonds. The lowest BCUT2D eigenvalue weighted by atomic mass is 9.94. The van der Waals surface area contributed by atoms with Crippen molar-refractivity contribution in [3.63, 3.8) is 0 Å². The first-order chi connectivity index (χ1) is 8.50. The van der Waals surface area contributed by atoms with E-state index in [0.29, 0.717) is 24.5 Å². The zero-order valence-electron chi connectivity index (χ0n) is 11.3. The van der Waals surface area contributed by atoms with Gasteiger partial charge in [0, 0.05) is 18.6 Å². The number of hydrogen-bond donors (Lipinski definition) is 1. The quantitative estimate of drug-likeness (QED) is 0.614. The fraction of sp³-hybridized carbons (Fsp3) is 0.714. The molecule has 102 valence electrons. The Hall–Kier alpha value is -0.380. The highest BCUT2D eigenvalue weighted by molar-refractivity contribution is 6.21. The third-order valence-electron chi connectivity index (χ3n) is 3.93. The summed E-state index contributed by atoms with van der Waals surface area (Å²) >= 11 is 5.88. The lowest BCUT2D eigenvalue weighted by Gasteiger charge is -2.31. The number of nitrogens with one attached hydrogen (secondary N) is 1. The first kappa shape index (κ1) is 14.0. The topological polar surface area (TPSA) is 15.3 Å². The molecule has 0 spiro atoms. The van der Waals surface area contributed by atoms with Gasteiger partial charge in [0.1, 0.15) is 11.3 Å². The maximum absolute atomic E-state index is 13.8. The van der Waals surface area contributed by atoms with Crippen LogP contribution in [0, 0.1) is 5.92 Å². The fourth-order valence-corrected chi connectivity index (χ4v) is 3.10. The number of halogens is 2. The second kappa shape index (κ2) is 5.72. The molecule has 2 nitrogen and oxygen atoms in total. The fourth-order valence-electron chi connectivity index (χ4n) is 2.95. The van der Waals surface area contributed by atoms with Gasteiger partial charge in [0.25, 0.3) is 0 Å². The third-order valence-corrected chi connectivity index (χ3v) is 4.29. The van der Waals surface area contributed by atoms with E-state index in [1.165, 1.54) is 6.42 Å². The Morgan fingerprint density at radius 3 is 2.89 bits per heavy atom. The molecular weight excluding hydrogens is 251 g/mol. The first-order valence-corrected chi connectivity index (χ1v) is 7.14. The van der Waals surface area contributed by atoms with Crippen molar-refractivity contribution in [3.05, 3.63) is 23.6 Å². The Balaban J connectivity index is 2.25. The molecule has 2 heterocycles. The molecule has 0 aromatic carbocycles. The number of nitrogens with zero attached hydrogens (tertiary/aromatic N) is 1. The molecule has 1 N–H and O–H groups in total. The van der Waals surface area contributed by atoms with Gasteiger partial charge in [0.2, 0.25) is 0 Å². The Kier molecular flexibility index (Phi) is 4.46. The van der Waals surface area contributed by atoms with Crippen molar-refractivity contribution >= 4 is 11.6 Å².